The SMILES string of the molecule is CNC(=O)C(C)N(Cc1ccc(Br)cc1)C(=O)CN(c1ccc(OC)c(Cl)c1)S(C)(=O)=O. The molecule has 0 saturated heterocycles. The summed E-state index contributed by atoms with van der Waals surface area (Å²) in [7, 11) is -0.914. The Morgan fingerprint density at radius 3 is 2.31 bits per heavy atom. The van der Waals surface area contributed by atoms with Crippen molar-refractivity contribution >= 4 is 55.1 Å². The summed E-state index contributed by atoms with van der Waals surface area (Å²) in [6.45, 7) is 1.21. The number of rotatable bonds is 9. The number of hydrogen-bond donors (Lipinski definition) is 1. The predicted molar refractivity (Wildman–Crippen MR) is 128 cm³/mol. The molecule has 0 heterocycles. The molecule has 8 nitrogen and oxygen atoms in total. The smallest absolute Gasteiger partial charge is 0.244 e. The first-order valence-corrected chi connectivity index (χ1v) is 12.6. The van der Waals surface area contributed by atoms with Crippen LogP contribution in [0, 0.1) is 0 Å². The van der Waals surface area contributed by atoms with Crippen LogP contribution in [0.25, 0.3) is 0 Å². The Morgan fingerprint density at radius 1 is 1.19 bits per heavy atom. The largest absolute Gasteiger partial charge is 0.495 e. The van der Waals surface area contributed by atoms with E-state index in [1.54, 1.807) is 6.92 Å². The van der Waals surface area contributed by atoms with E-state index in [4.69, 9.17) is 16.3 Å². The normalized spacial score (nSPS) is 12.1. The lowest BCUT2D eigenvalue weighted by Gasteiger charge is -2.31. The molecule has 1 unspecified atom stereocenters. The third kappa shape index (κ3) is 6.60. The summed E-state index contributed by atoms with van der Waals surface area (Å²) in [5.74, 6) is -0.532. The molecule has 0 bridgehead atoms. The van der Waals surface area contributed by atoms with Crippen molar-refractivity contribution in [3.05, 3.63) is 57.5 Å². The van der Waals surface area contributed by atoms with Gasteiger partial charge in [-0.15, -0.1) is 0 Å². The highest BCUT2D eigenvalue weighted by atomic mass is 79.9. The van der Waals surface area contributed by atoms with Gasteiger partial charge in [0.25, 0.3) is 0 Å². The van der Waals surface area contributed by atoms with E-state index in [-0.39, 0.29) is 23.2 Å². The van der Waals surface area contributed by atoms with Crippen molar-refractivity contribution in [2.75, 3.05) is 31.3 Å². The zero-order valence-electron chi connectivity index (χ0n) is 18.1. The molecule has 0 radical (unpaired) electrons. The van der Waals surface area contributed by atoms with Crippen molar-refractivity contribution in [1.29, 1.82) is 0 Å². The molecule has 174 valence electrons. The molecular weight excluding hydrogens is 522 g/mol. The van der Waals surface area contributed by atoms with E-state index in [2.05, 4.69) is 21.2 Å². The number of amides is 2. The lowest BCUT2D eigenvalue weighted by atomic mass is 10.1. The van der Waals surface area contributed by atoms with Crippen LogP contribution in [-0.2, 0) is 26.2 Å². The van der Waals surface area contributed by atoms with Crippen LogP contribution in [0.1, 0.15) is 12.5 Å². The lowest BCUT2D eigenvalue weighted by Crippen LogP contribution is -2.50. The third-order valence-electron chi connectivity index (χ3n) is 4.78. The van der Waals surface area contributed by atoms with Gasteiger partial charge in [0.2, 0.25) is 21.8 Å². The fourth-order valence-corrected chi connectivity index (χ4v) is 4.36. The van der Waals surface area contributed by atoms with Crippen molar-refractivity contribution in [2.24, 2.45) is 0 Å². The van der Waals surface area contributed by atoms with Crippen LogP contribution in [0.15, 0.2) is 46.9 Å². The molecule has 1 N–H and O–H groups in total. The summed E-state index contributed by atoms with van der Waals surface area (Å²) in [6, 6.07) is 10.9. The van der Waals surface area contributed by atoms with E-state index in [1.807, 2.05) is 24.3 Å². The van der Waals surface area contributed by atoms with Crippen molar-refractivity contribution in [2.45, 2.75) is 19.5 Å². The highest BCUT2D eigenvalue weighted by Crippen LogP contribution is 2.30. The number of likely N-dealkylation sites (N-methyl/N-ethyl adjacent to an activating group) is 1. The minimum atomic E-state index is -3.83. The maximum absolute atomic E-state index is 13.3. The van der Waals surface area contributed by atoms with E-state index in [9.17, 15) is 18.0 Å². The zero-order valence-corrected chi connectivity index (χ0v) is 21.3. The zero-order chi connectivity index (χ0) is 24.1. The number of carbonyl (C=O) groups excluding carboxylic acids is 2. The molecule has 0 aromatic heterocycles. The molecule has 0 aliphatic rings. The molecule has 1 atom stereocenters. The van der Waals surface area contributed by atoms with Crippen LogP contribution >= 0.6 is 27.5 Å². The first-order valence-electron chi connectivity index (χ1n) is 9.54. The Kier molecular flexibility index (Phi) is 8.94. The van der Waals surface area contributed by atoms with Gasteiger partial charge >= 0.3 is 0 Å². The van der Waals surface area contributed by atoms with Gasteiger partial charge in [0.05, 0.1) is 24.1 Å². The Hall–Kier alpha value is -2.30. The summed E-state index contributed by atoms with van der Waals surface area (Å²) >= 11 is 9.52. The molecule has 2 aromatic carbocycles. The summed E-state index contributed by atoms with van der Waals surface area (Å²) in [5.41, 5.74) is 0.999. The molecule has 0 saturated carbocycles. The number of anilines is 1. The standard InChI is InChI=1S/C21H25BrClN3O5S/c1-14(21(28)24-2)25(12-15-5-7-16(22)8-6-15)20(27)13-26(32(4,29)30)17-9-10-19(31-3)18(23)11-17/h5-11,14H,12-13H2,1-4H3,(H,24,28). The number of benzene rings is 2. The molecule has 32 heavy (non-hydrogen) atoms. The molecule has 2 amide bonds. The molecule has 0 aliphatic heterocycles. The molecule has 11 heteroatoms. The molecule has 2 rings (SSSR count). The number of nitrogens with zero attached hydrogens (tertiary/aromatic N) is 2. The van der Waals surface area contributed by atoms with E-state index < -0.39 is 28.5 Å². The first-order chi connectivity index (χ1) is 15.0. The minimum Gasteiger partial charge on any atom is -0.495 e. The average Bonchev–Trinajstić information content (AvgIpc) is 2.75. The summed E-state index contributed by atoms with van der Waals surface area (Å²) < 4.78 is 31.9. The number of halogens is 2. The Balaban J connectivity index is 2.39. The molecule has 0 spiro atoms. The number of nitrogens with one attached hydrogen (secondary N) is 1. The quantitative estimate of drug-likeness (QED) is 0.522. The highest BCUT2D eigenvalue weighted by Gasteiger charge is 2.30. The summed E-state index contributed by atoms with van der Waals surface area (Å²) in [5, 5.41) is 2.73. The van der Waals surface area contributed by atoms with E-state index in [0.717, 1.165) is 20.6 Å². The third-order valence-corrected chi connectivity index (χ3v) is 6.75. The molecular formula is C21H25BrClN3O5S. The average molecular weight is 547 g/mol. The van der Waals surface area contributed by atoms with Gasteiger partial charge in [0.1, 0.15) is 18.3 Å². The molecule has 0 aliphatic carbocycles. The van der Waals surface area contributed by atoms with Gasteiger partial charge in [-0.1, -0.05) is 39.7 Å². The van der Waals surface area contributed by atoms with Gasteiger partial charge in [-0.3, -0.25) is 13.9 Å². The predicted octanol–water partition coefficient (Wildman–Crippen LogP) is 3.04. The van der Waals surface area contributed by atoms with Crippen molar-refractivity contribution < 1.29 is 22.7 Å². The van der Waals surface area contributed by atoms with Gasteiger partial charge < -0.3 is 15.0 Å². The topological polar surface area (TPSA) is 96.0 Å². The maximum atomic E-state index is 13.3. The van der Waals surface area contributed by atoms with Crippen molar-refractivity contribution in [1.82, 2.24) is 10.2 Å². The number of hydrogen-bond acceptors (Lipinski definition) is 5. The van der Waals surface area contributed by atoms with Gasteiger partial charge in [0.15, 0.2) is 0 Å². The second-order valence-electron chi connectivity index (χ2n) is 7.03. The lowest BCUT2D eigenvalue weighted by molar-refractivity contribution is -0.139. The second kappa shape index (κ2) is 11.0. The van der Waals surface area contributed by atoms with Crippen LogP contribution in [0.3, 0.4) is 0 Å². The fourth-order valence-electron chi connectivity index (χ4n) is 3.00. The number of sulfonamides is 1. The Bertz CT molecular complexity index is 1080. The maximum Gasteiger partial charge on any atom is 0.244 e. The summed E-state index contributed by atoms with van der Waals surface area (Å²) in [6.07, 6.45) is 1.000. The molecule has 0 fully saturated rings. The van der Waals surface area contributed by atoms with E-state index >= 15 is 0 Å². The van der Waals surface area contributed by atoms with Gasteiger partial charge in [0, 0.05) is 18.1 Å². The fraction of sp³-hybridized carbons (Fsp3) is 0.333. The summed E-state index contributed by atoms with van der Waals surface area (Å²) in [4.78, 5) is 26.9. The van der Waals surface area contributed by atoms with Crippen LogP contribution in [0.2, 0.25) is 5.02 Å². The van der Waals surface area contributed by atoms with Gasteiger partial charge in [-0.05, 0) is 42.8 Å². The van der Waals surface area contributed by atoms with Crippen molar-refractivity contribution in [3.63, 3.8) is 0 Å². The Morgan fingerprint density at radius 2 is 1.81 bits per heavy atom. The van der Waals surface area contributed by atoms with Crippen LogP contribution in [0.5, 0.6) is 5.75 Å². The first kappa shape index (κ1) is 26.0. The number of carbonyl (C=O) groups is 2. The number of ether oxygens (including phenoxy) is 1. The minimum absolute atomic E-state index is 0.127. The monoisotopic (exact) mass is 545 g/mol. The van der Waals surface area contributed by atoms with Gasteiger partial charge in [-0.25, -0.2) is 8.42 Å². The van der Waals surface area contributed by atoms with Crippen molar-refractivity contribution in [3.8, 4) is 5.75 Å². The highest BCUT2D eigenvalue weighted by molar-refractivity contribution is 9.10. The van der Waals surface area contributed by atoms with Gasteiger partial charge in [-0.2, -0.15) is 0 Å². The second-order valence-corrected chi connectivity index (χ2v) is 10.3. The Labute approximate surface area is 201 Å². The van der Waals surface area contributed by atoms with E-state index in [1.165, 1.54) is 37.3 Å². The van der Waals surface area contributed by atoms with Crippen LogP contribution in [0.4, 0.5) is 5.69 Å². The molecule has 2 aromatic rings. The number of methoxy groups -OCH3 is 1. The van der Waals surface area contributed by atoms with E-state index in [0.29, 0.717) is 5.75 Å². The van der Waals surface area contributed by atoms with Crippen LogP contribution < -0.4 is 14.4 Å². The van der Waals surface area contributed by atoms with Crippen LogP contribution in [-0.4, -0.2) is 58.1 Å².